The van der Waals surface area contributed by atoms with Crippen LogP contribution in [0.25, 0.3) is 0 Å². The summed E-state index contributed by atoms with van der Waals surface area (Å²) in [6, 6.07) is 0. The van der Waals surface area contributed by atoms with Gasteiger partial charge in [-0.3, -0.25) is 0 Å². The largest absolute Gasteiger partial charge is 0.393 e. The lowest BCUT2D eigenvalue weighted by molar-refractivity contribution is -0.0805. The molecular formula is C19H34O4. The van der Waals surface area contributed by atoms with Gasteiger partial charge in [-0.05, 0) is 56.8 Å². The van der Waals surface area contributed by atoms with Crippen molar-refractivity contribution in [2.75, 3.05) is 13.9 Å². The van der Waals surface area contributed by atoms with E-state index in [9.17, 15) is 10.2 Å². The second kappa shape index (κ2) is 8.11. The molecule has 6 atom stereocenters. The van der Waals surface area contributed by atoms with E-state index >= 15 is 0 Å². The van der Waals surface area contributed by atoms with Crippen LogP contribution in [0, 0.1) is 17.3 Å². The van der Waals surface area contributed by atoms with E-state index in [1.165, 1.54) is 5.57 Å². The molecule has 0 saturated heterocycles. The van der Waals surface area contributed by atoms with E-state index in [1.54, 1.807) is 7.11 Å². The van der Waals surface area contributed by atoms with Gasteiger partial charge in [-0.15, -0.1) is 0 Å². The average molecular weight is 326 g/mol. The van der Waals surface area contributed by atoms with Crippen LogP contribution in [0.15, 0.2) is 11.6 Å². The highest BCUT2D eigenvalue weighted by Gasteiger charge is 2.47. The molecule has 2 aliphatic carbocycles. The Balaban J connectivity index is 2.19. The van der Waals surface area contributed by atoms with E-state index < -0.39 is 6.10 Å². The van der Waals surface area contributed by atoms with Crippen LogP contribution in [0.1, 0.15) is 59.3 Å². The van der Waals surface area contributed by atoms with Crippen molar-refractivity contribution in [2.45, 2.75) is 77.6 Å². The highest BCUT2D eigenvalue weighted by Crippen LogP contribution is 2.49. The summed E-state index contributed by atoms with van der Waals surface area (Å²) < 4.78 is 10.9. The number of aliphatic hydroxyl groups is 2. The highest BCUT2D eigenvalue weighted by molar-refractivity contribution is 5.07. The molecule has 2 rings (SSSR count). The van der Waals surface area contributed by atoms with Crippen LogP contribution in [0.4, 0.5) is 0 Å². The van der Waals surface area contributed by atoms with Crippen LogP contribution in [-0.2, 0) is 9.47 Å². The Labute approximate surface area is 140 Å². The van der Waals surface area contributed by atoms with E-state index in [0.717, 1.165) is 38.5 Å². The molecule has 0 radical (unpaired) electrons. The molecule has 1 saturated carbocycles. The number of allylic oxidation sites excluding steroid dienone is 1. The van der Waals surface area contributed by atoms with Gasteiger partial charge in [0.2, 0.25) is 0 Å². The van der Waals surface area contributed by atoms with Gasteiger partial charge in [-0.2, -0.15) is 0 Å². The zero-order valence-electron chi connectivity index (χ0n) is 15.1. The number of methoxy groups -OCH3 is 1. The van der Waals surface area contributed by atoms with E-state index in [2.05, 4.69) is 26.8 Å². The van der Waals surface area contributed by atoms with Gasteiger partial charge in [0.1, 0.15) is 6.79 Å². The fourth-order valence-corrected chi connectivity index (χ4v) is 4.58. The minimum atomic E-state index is -0.442. The van der Waals surface area contributed by atoms with Gasteiger partial charge in [-0.25, -0.2) is 0 Å². The maximum absolute atomic E-state index is 10.8. The monoisotopic (exact) mass is 326 g/mol. The van der Waals surface area contributed by atoms with Crippen LogP contribution >= 0.6 is 0 Å². The topological polar surface area (TPSA) is 58.9 Å². The van der Waals surface area contributed by atoms with Crippen molar-refractivity contribution in [3.63, 3.8) is 0 Å². The third-order valence-electron chi connectivity index (χ3n) is 5.84. The summed E-state index contributed by atoms with van der Waals surface area (Å²) >= 11 is 0. The fourth-order valence-electron chi connectivity index (χ4n) is 4.58. The summed E-state index contributed by atoms with van der Waals surface area (Å²) in [7, 11) is 1.64. The summed E-state index contributed by atoms with van der Waals surface area (Å²) in [5.41, 5.74) is 1.32. The maximum Gasteiger partial charge on any atom is 0.146 e. The third-order valence-corrected chi connectivity index (χ3v) is 5.84. The Morgan fingerprint density at radius 2 is 2.00 bits per heavy atom. The highest BCUT2D eigenvalue weighted by atomic mass is 16.7. The Morgan fingerprint density at radius 1 is 1.26 bits per heavy atom. The first-order chi connectivity index (χ1) is 10.9. The molecule has 0 aliphatic heterocycles. The van der Waals surface area contributed by atoms with E-state index in [4.69, 9.17) is 9.47 Å². The molecule has 4 nitrogen and oxygen atoms in total. The first-order valence-electron chi connectivity index (χ1n) is 8.98. The molecule has 0 amide bonds. The predicted molar refractivity (Wildman–Crippen MR) is 91.0 cm³/mol. The Morgan fingerprint density at radius 3 is 2.70 bits per heavy atom. The lowest BCUT2D eigenvalue weighted by atomic mass is 9.72. The molecule has 0 heterocycles. The number of rotatable bonds is 3. The number of hydrogen-bond acceptors (Lipinski definition) is 4. The van der Waals surface area contributed by atoms with Crippen molar-refractivity contribution >= 4 is 0 Å². The molecule has 0 spiro atoms. The molecule has 23 heavy (non-hydrogen) atoms. The molecule has 0 bridgehead atoms. The van der Waals surface area contributed by atoms with Gasteiger partial charge in [0, 0.05) is 13.0 Å². The summed E-state index contributed by atoms with van der Waals surface area (Å²) in [5, 5.41) is 21.2. The van der Waals surface area contributed by atoms with E-state index in [0.29, 0.717) is 12.7 Å². The molecule has 1 unspecified atom stereocenters. The number of ether oxygens (including phenoxy) is 2. The molecule has 1 fully saturated rings. The Kier molecular flexibility index (Phi) is 6.66. The molecule has 134 valence electrons. The zero-order chi connectivity index (χ0) is 17.0. The van der Waals surface area contributed by atoms with Crippen molar-refractivity contribution in [3.8, 4) is 0 Å². The van der Waals surface area contributed by atoms with Crippen molar-refractivity contribution in [1.29, 1.82) is 0 Å². The number of aliphatic hydroxyl groups excluding tert-OH is 2. The summed E-state index contributed by atoms with van der Waals surface area (Å²) in [5.74, 6) is 0.334. The first kappa shape index (κ1) is 18.9. The van der Waals surface area contributed by atoms with Gasteiger partial charge < -0.3 is 19.7 Å². The van der Waals surface area contributed by atoms with Crippen LogP contribution in [-0.4, -0.2) is 42.4 Å². The number of hydrogen-bond donors (Lipinski definition) is 2. The molecule has 0 aromatic rings. The van der Waals surface area contributed by atoms with Gasteiger partial charge in [0.05, 0.1) is 18.3 Å². The maximum atomic E-state index is 10.8. The second-order valence-corrected chi connectivity index (χ2v) is 8.08. The zero-order valence-corrected chi connectivity index (χ0v) is 15.1. The Hall–Kier alpha value is -0.420. The lowest BCUT2D eigenvalue weighted by Crippen LogP contribution is -2.38. The normalized spacial score (nSPS) is 45.0. The smallest absolute Gasteiger partial charge is 0.146 e. The number of fused-ring (bicyclic) bond motifs is 1. The molecule has 2 aliphatic rings. The molecule has 0 aromatic heterocycles. The minimum absolute atomic E-state index is 0.00691. The van der Waals surface area contributed by atoms with Crippen LogP contribution in [0.2, 0.25) is 0 Å². The molecular weight excluding hydrogens is 292 g/mol. The lowest BCUT2D eigenvalue weighted by Gasteiger charge is -2.36. The van der Waals surface area contributed by atoms with E-state index in [1.807, 2.05) is 0 Å². The first-order valence-corrected chi connectivity index (χ1v) is 8.98. The van der Waals surface area contributed by atoms with Crippen LogP contribution < -0.4 is 0 Å². The third kappa shape index (κ3) is 4.79. The van der Waals surface area contributed by atoms with Gasteiger partial charge in [0.15, 0.2) is 0 Å². The molecule has 0 aromatic carbocycles. The standard InChI is InChI=1S/C19H34O4/c1-13-5-7-19(3)8-6-16(20)18(19)17(21)11-14(2)10-15(9-13)23-12-22-4/h5,14-18,20-21H,6-12H2,1-4H3/b13-5-/t14-,15?,16-,17+,18+,19-/m1/s1. The average Bonchev–Trinajstić information content (AvgIpc) is 2.77. The van der Waals surface area contributed by atoms with Crippen LogP contribution in [0.3, 0.4) is 0 Å². The molecule has 2 N–H and O–H groups in total. The quantitative estimate of drug-likeness (QED) is 0.617. The van der Waals surface area contributed by atoms with Gasteiger partial charge >= 0.3 is 0 Å². The summed E-state index contributed by atoms with van der Waals surface area (Å²) in [6.07, 6.45) is 6.85. The van der Waals surface area contributed by atoms with Crippen molar-refractivity contribution in [1.82, 2.24) is 0 Å². The van der Waals surface area contributed by atoms with Crippen molar-refractivity contribution in [3.05, 3.63) is 11.6 Å². The predicted octanol–water partition coefficient (Wildman–Crippen LogP) is 3.27. The second-order valence-electron chi connectivity index (χ2n) is 8.08. The van der Waals surface area contributed by atoms with Crippen molar-refractivity contribution in [2.24, 2.45) is 17.3 Å². The Bertz CT molecular complexity index is 408. The molecule has 4 heteroatoms. The van der Waals surface area contributed by atoms with Crippen LogP contribution in [0.5, 0.6) is 0 Å². The summed E-state index contributed by atoms with van der Waals surface area (Å²) in [4.78, 5) is 0. The fraction of sp³-hybridized carbons (Fsp3) is 0.895. The summed E-state index contributed by atoms with van der Waals surface area (Å²) in [6.45, 7) is 6.86. The van der Waals surface area contributed by atoms with Gasteiger partial charge in [-0.1, -0.05) is 25.5 Å². The van der Waals surface area contributed by atoms with Crippen molar-refractivity contribution < 1.29 is 19.7 Å². The van der Waals surface area contributed by atoms with Gasteiger partial charge in [0.25, 0.3) is 0 Å². The minimum Gasteiger partial charge on any atom is -0.393 e. The SMILES string of the molecule is COCOC1C/C(C)=C\C[C@]2(C)CC[C@@H](O)[C@H]2[C@@H](O)C[C@H](C)C1. The van der Waals surface area contributed by atoms with E-state index in [-0.39, 0.29) is 23.5 Å².